The van der Waals surface area contributed by atoms with Crippen LogP contribution in [-0.4, -0.2) is 52.8 Å². The third-order valence-corrected chi connectivity index (χ3v) is 4.90. The number of nitrogens with one attached hydrogen (secondary N) is 4. The first kappa shape index (κ1) is 20.1. The molecule has 1 aliphatic heterocycles. The maximum atomic E-state index is 12.4. The van der Waals surface area contributed by atoms with Crippen LogP contribution in [0.5, 0.6) is 0 Å². The Labute approximate surface area is 178 Å². The van der Waals surface area contributed by atoms with Gasteiger partial charge in [-0.2, -0.15) is 5.10 Å². The van der Waals surface area contributed by atoms with Crippen molar-refractivity contribution in [3.05, 3.63) is 47.7 Å². The molecule has 11 nitrogen and oxygen atoms in total. The molecular formula is C20H23N9O2. The molecule has 0 bridgehead atoms. The van der Waals surface area contributed by atoms with Gasteiger partial charge in [0.25, 0.3) is 5.91 Å². The maximum absolute atomic E-state index is 12.4. The minimum absolute atomic E-state index is 0.297. The predicted octanol–water partition coefficient (Wildman–Crippen LogP) is 1.78. The number of carbonyl (C=O) groups is 2. The van der Waals surface area contributed by atoms with E-state index in [9.17, 15) is 9.59 Å². The highest BCUT2D eigenvalue weighted by Gasteiger charge is 2.25. The molecule has 11 heteroatoms. The second-order valence-electron chi connectivity index (χ2n) is 7.04. The normalized spacial score (nSPS) is 11.9. The van der Waals surface area contributed by atoms with Gasteiger partial charge in [-0.1, -0.05) is 6.07 Å². The van der Waals surface area contributed by atoms with Gasteiger partial charge >= 0.3 is 6.03 Å². The van der Waals surface area contributed by atoms with E-state index in [1.165, 1.54) is 13.2 Å². The lowest BCUT2D eigenvalue weighted by molar-refractivity contribution is 0.0963. The van der Waals surface area contributed by atoms with Crippen LogP contribution in [0, 0.1) is 6.92 Å². The maximum Gasteiger partial charge on any atom is 0.320 e. The van der Waals surface area contributed by atoms with Crippen LogP contribution in [-0.2, 0) is 6.54 Å². The topological polar surface area (TPSA) is 129 Å². The van der Waals surface area contributed by atoms with Gasteiger partial charge in [0.1, 0.15) is 11.6 Å². The van der Waals surface area contributed by atoms with Crippen molar-refractivity contribution in [3.8, 4) is 5.69 Å². The molecule has 0 saturated carbocycles. The molecule has 0 radical (unpaired) electrons. The fourth-order valence-electron chi connectivity index (χ4n) is 3.52. The van der Waals surface area contributed by atoms with E-state index in [1.54, 1.807) is 13.1 Å². The van der Waals surface area contributed by atoms with Crippen LogP contribution in [0.2, 0.25) is 0 Å². The number of rotatable bonds is 4. The summed E-state index contributed by atoms with van der Waals surface area (Å²) < 4.78 is 1.83. The van der Waals surface area contributed by atoms with E-state index in [-0.39, 0.29) is 5.91 Å². The number of aryl methyl sites for hydroxylation is 1. The van der Waals surface area contributed by atoms with Gasteiger partial charge in [-0.05, 0) is 19.1 Å². The van der Waals surface area contributed by atoms with E-state index in [0.717, 1.165) is 22.9 Å². The molecule has 3 heterocycles. The number of urea groups is 1. The Morgan fingerprint density at radius 1 is 1.13 bits per heavy atom. The predicted molar refractivity (Wildman–Crippen MR) is 117 cm³/mol. The first-order valence-electron chi connectivity index (χ1n) is 9.66. The van der Waals surface area contributed by atoms with Gasteiger partial charge < -0.3 is 20.9 Å². The quantitative estimate of drug-likeness (QED) is 0.505. The summed E-state index contributed by atoms with van der Waals surface area (Å²) >= 11 is 0. The molecular weight excluding hydrogens is 398 g/mol. The van der Waals surface area contributed by atoms with E-state index < -0.39 is 6.03 Å². The van der Waals surface area contributed by atoms with Crippen molar-refractivity contribution in [2.24, 2.45) is 0 Å². The smallest absolute Gasteiger partial charge is 0.320 e. The summed E-state index contributed by atoms with van der Waals surface area (Å²) in [6.07, 6.45) is 1.42. The Balaban J connectivity index is 1.78. The lowest BCUT2D eigenvalue weighted by Crippen LogP contribution is -2.27. The molecule has 160 valence electrons. The molecule has 0 atom stereocenters. The van der Waals surface area contributed by atoms with Gasteiger partial charge in [-0.25, -0.2) is 19.4 Å². The van der Waals surface area contributed by atoms with Crippen molar-refractivity contribution < 1.29 is 9.59 Å². The monoisotopic (exact) mass is 421 g/mol. The summed E-state index contributed by atoms with van der Waals surface area (Å²) in [5.74, 6) is 1.57. The Kier molecular flexibility index (Phi) is 5.15. The molecule has 3 aromatic rings. The number of aromatic nitrogens is 4. The Morgan fingerprint density at radius 3 is 2.68 bits per heavy atom. The van der Waals surface area contributed by atoms with Crippen molar-refractivity contribution in [2.75, 3.05) is 36.7 Å². The van der Waals surface area contributed by atoms with Gasteiger partial charge in [-0.3, -0.25) is 10.1 Å². The number of para-hydroxylation sites is 1. The largest absolute Gasteiger partial charge is 0.364 e. The van der Waals surface area contributed by atoms with Crippen molar-refractivity contribution >= 4 is 34.8 Å². The molecule has 3 amide bonds. The van der Waals surface area contributed by atoms with Crippen LogP contribution in [0.25, 0.3) is 5.69 Å². The average molecular weight is 421 g/mol. The summed E-state index contributed by atoms with van der Waals surface area (Å²) in [5.41, 5.74) is 3.43. The number of fused-ring (bicyclic) bond motifs is 3. The van der Waals surface area contributed by atoms with E-state index in [0.29, 0.717) is 29.4 Å². The van der Waals surface area contributed by atoms with Gasteiger partial charge in [0.2, 0.25) is 0 Å². The van der Waals surface area contributed by atoms with Crippen LogP contribution in [0.15, 0.2) is 30.5 Å². The average Bonchev–Trinajstić information content (AvgIpc) is 3.13. The van der Waals surface area contributed by atoms with Gasteiger partial charge in [0.15, 0.2) is 5.82 Å². The van der Waals surface area contributed by atoms with Gasteiger partial charge in [-0.15, -0.1) is 0 Å². The summed E-state index contributed by atoms with van der Waals surface area (Å²) in [6.45, 7) is 2.45. The molecule has 1 aromatic carbocycles. The Hall–Kier alpha value is -4.15. The fourth-order valence-corrected chi connectivity index (χ4v) is 3.52. The number of hydrogen-bond donors (Lipinski definition) is 4. The van der Waals surface area contributed by atoms with Crippen molar-refractivity contribution in [1.29, 1.82) is 0 Å². The lowest BCUT2D eigenvalue weighted by atomic mass is 10.1. The Morgan fingerprint density at radius 2 is 1.94 bits per heavy atom. The second kappa shape index (κ2) is 7.94. The first-order chi connectivity index (χ1) is 14.9. The molecule has 4 N–H and O–H groups in total. The zero-order chi connectivity index (χ0) is 22.1. The van der Waals surface area contributed by atoms with E-state index >= 15 is 0 Å². The molecule has 2 aromatic heterocycles. The molecule has 0 saturated heterocycles. The molecule has 1 aliphatic rings. The van der Waals surface area contributed by atoms with Gasteiger partial charge in [0, 0.05) is 33.4 Å². The van der Waals surface area contributed by atoms with Crippen molar-refractivity contribution in [3.63, 3.8) is 0 Å². The highest BCUT2D eigenvalue weighted by molar-refractivity contribution is 6.01. The van der Waals surface area contributed by atoms with Crippen LogP contribution in [0.4, 0.5) is 27.7 Å². The highest BCUT2D eigenvalue weighted by Crippen LogP contribution is 2.38. The molecule has 0 spiro atoms. The van der Waals surface area contributed by atoms with Crippen molar-refractivity contribution in [2.45, 2.75) is 13.5 Å². The molecule has 4 rings (SSSR count). The number of pyridine rings is 1. The molecule has 0 fully saturated rings. The zero-order valence-corrected chi connectivity index (χ0v) is 17.6. The molecule has 31 heavy (non-hydrogen) atoms. The van der Waals surface area contributed by atoms with Crippen LogP contribution >= 0.6 is 0 Å². The minimum Gasteiger partial charge on any atom is -0.364 e. The highest BCUT2D eigenvalue weighted by atomic mass is 16.2. The summed E-state index contributed by atoms with van der Waals surface area (Å²) in [6, 6.07) is 7.01. The van der Waals surface area contributed by atoms with E-state index in [1.807, 2.05) is 36.9 Å². The number of hydrogen-bond acceptors (Lipinski definition) is 7. The van der Waals surface area contributed by atoms with Crippen molar-refractivity contribution in [1.82, 2.24) is 30.4 Å². The summed E-state index contributed by atoms with van der Waals surface area (Å²) in [7, 11) is 5.04. The first-order valence-corrected chi connectivity index (χ1v) is 9.66. The number of amides is 3. The standard InChI is InChI=1S/C20H23N9O2/c1-11-24-17-10-28(4)18-13(6-5-7-15(18)29(17)27-11)25-14-8-16(26-20(31)22-3)23-9-12(14)19(30)21-2/h5-9H,10H2,1-4H3,(H,21,30)(H3,22,23,25,26,31). The summed E-state index contributed by atoms with van der Waals surface area (Å²) in [5, 5.41) is 15.6. The van der Waals surface area contributed by atoms with Crippen LogP contribution in [0.3, 0.4) is 0 Å². The third-order valence-electron chi connectivity index (χ3n) is 4.90. The van der Waals surface area contributed by atoms with E-state index in [2.05, 4.69) is 41.2 Å². The van der Waals surface area contributed by atoms with E-state index in [4.69, 9.17) is 0 Å². The third kappa shape index (κ3) is 3.72. The van der Waals surface area contributed by atoms with Crippen LogP contribution < -0.4 is 26.2 Å². The molecule has 0 aliphatic carbocycles. The lowest BCUT2D eigenvalue weighted by Gasteiger charge is -2.30. The van der Waals surface area contributed by atoms with Crippen LogP contribution in [0.1, 0.15) is 22.0 Å². The zero-order valence-electron chi connectivity index (χ0n) is 17.6. The summed E-state index contributed by atoms with van der Waals surface area (Å²) in [4.78, 5) is 34.8. The number of carbonyl (C=O) groups excluding carboxylic acids is 2. The number of benzene rings is 1. The number of nitrogens with zero attached hydrogens (tertiary/aromatic N) is 5. The SMILES string of the molecule is CNC(=O)Nc1cc(Nc2cccc3c2N(C)Cc2nc(C)nn2-3)c(C(=O)NC)cn1. The second-order valence-corrected chi connectivity index (χ2v) is 7.04. The minimum atomic E-state index is -0.406. The molecule has 0 unspecified atom stereocenters. The Bertz CT molecular complexity index is 1170. The van der Waals surface area contributed by atoms with Gasteiger partial charge in [0.05, 0.1) is 34.9 Å². The fraction of sp³-hybridized carbons (Fsp3) is 0.250. The number of anilines is 4.